The molecule has 2 aliphatic heterocycles. The maximum absolute atomic E-state index is 14.7. The molecule has 0 radical (unpaired) electrons. The molecule has 2 heterocycles. The van der Waals surface area contributed by atoms with Gasteiger partial charge in [0.1, 0.15) is 18.2 Å². The molecule has 0 saturated carbocycles. The minimum Gasteiger partial charge on any atom is -0.492 e. The van der Waals surface area contributed by atoms with Crippen molar-refractivity contribution in [2.75, 3.05) is 32.8 Å². The van der Waals surface area contributed by atoms with Crippen LogP contribution in [0.1, 0.15) is 37.2 Å². The predicted octanol–water partition coefficient (Wildman–Crippen LogP) is 2.85. The molecular weight excluding hydrogens is 409 g/mol. The van der Waals surface area contributed by atoms with Crippen LogP contribution in [0.5, 0.6) is 5.75 Å². The van der Waals surface area contributed by atoms with Crippen LogP contribution >= 0.6 is 0 Å². The topological polar surface area (TPSA) is 70.7 Å². The van der Waals surface area contributed by atoms with E-state index in [4.69, 9.17) is 4.74 Å². The first-order valence-electron chi connectivity index (χ1n) is 11.3. The highest BCUT2D eigenvalue weighted by Gasteiger charge is 2.49. The third kappa shape index (κ3) is 5.27. The van der Waals surface area contributed by atoms with Gasteiger partial charge in [-0.3, -0.25) is 14.5 Å². The van der Waals surface area contributed by atoms with Gasteiger partial charge in [-0.05, 0) is 36.6 Å². The van der Waals surface area contributed by atoms with Crippen LogP contribution in [0, 0.1) is 5.82 Å². The van der Waals surface area contributed by atoms with Crippen LogP contribution in [0.4, 0.5) is 4.39 Å². The molecule has 32 heavy (non-hydrogen) atoms. The first-order chi connectivity index (χ1) is 15.6. The van der Waals surface area contributed by atoms with Gasteiger partial charge in [0, 0.05) is 25.4 Å². The molecule has 6 nitrogen and oxygen atoms in total. The van der Waals surface area contributed by atoms with E-state index < -0.39 is 5.54 Å². The second-order valence-corrected chi connectivity index (χ2v) is 8.67. The summed E-state index contributed by atoms with van der Waals surface area (Å²) in [6.07, 6.45) is 3.01. The molecule has 7 heteroatoms. The fourth-order valence-corrected chi connectivity index (χ4v) is 4.92. The zero-order chi connectivity index (χ0) is 22.4. The van der Waals surface area contributed by atoms with Gasteiger partial charge in [-0.1, -0.05) is 42.8 Å². The fourth-order valence-electron chi connectivity index (χ4n) is 4.92. The highest BCUT2D eigenvalue weighted by Crippen LogP contribution is 2.41. The number of rotatable bonds is 7. The molecule has 2 N–H and O–H groups in total. The number of likely N-dealkylation sites (tertiary alicyclic amines) is 1. The van der Waals surface area contributed by atoms with Gasteiger partial charge in [-0.15, -0.1) is 0 Å². The van der Waals surface area contributed by atoms with Crippen molar-refractivity contribution in [2.24, 2.45) is 0 Å². The lowest BCUT2D eigenvalue weighted by Gasteiger charge is -2.35. The molecule has 2 fully saturated rings. The van der Waals surface area contributed by atoms with E-state index in [1.807, 2.05) is 41.3 Å². The number of hydrogen-bond donors (Lipinski definition) is 2. The smallest absolute Gasteiger partial charge is 0.234 e. The van der Waals surface area contributed by atoms with Crippen molar-refractivity contribution in [1.82, 2.24) is 15.5 Å². The van der Waals surface area contributed by atoms with E-state index in [0.717, 1.165) is 25.0 Å². The third-order valence-corrected chi connectivity index (χ3v) is 6.36. The molecule has 0 bridgehead atoms. The SMILES string of the molecule is O=C(CN1C[C@@H](c2ccccc2F)[C@@]2(CCCCC(=O)N2)C1)NCCOc1ccccc1. The van der Waals surface area contributed by atoms with Crippen molar-refractivity contribution in [3.8, 4) is 5.75 Å². The van der Waals surface area contributed by atoms with E-state index in [9.17, 15) is 14.0 Å². The molecule has 2 aromatic carbocycles. The highest BCUT2D eigenvalue weighted by atomic mass is 19.1. The number of carbonyl (C=O) groups excluding carboxylic acids is 2. The largest absolute Gasteiger partial charge is 0.492 e. The van der Waals surface area contributed by atoms with Gasteiger partial charge in [-0.25, -0.2) is 4.39 Å². The molecule has 0 unspecified atom stereocenters. The van der Waals surface area contributed by atoms with Crippen molar-refractivity contribution >= 4 is 11.8 Å². The van der Waals surface area contributed by atoms with E-state index in [-0.39, 0.29) is 30.1 Å². The Morgan fingerprint density at radius 2 is 1.94 bits per heavy atom. The van der Waals surface area contributed by atoms with E-state index in [2.05, 4.69) is 10.6 Å². The highest BCUT2D eigenvalue weighted by molar-refractivity contribution is 5.79. The number of nitrogens with zero attached hydrogens (tertiary/aromatic N) is 1. The number of halogens is 1. The molecule has 0 aromatic heterocycles. The van der Waals surface area contributed by atoms with Crippen LogP contribution in [0.2, 0.25) is 0 Å². The van der Waals surface area contributed by atoms with Gasteiger partial charge < -0.3 is 15.4 Å². The van der Waals surface area contributed by atoms with E-state index in [0.29, 0.717) is 38.2 Å². The summed E-state index contributed by atoms with van der Waals surface area (Å²) in [6.45, 7) is 2.04. The summed E-state index contributed by atoms with van der Waals surface area (Å²) < 4.78 is 20.3. The first-order valence-corrected chi connectivity index (χ1v) is 11.3. The Balaban J connectivity index is 1.38. The Kier molecular flexibility index (Phi) is 7.05. The normalized spacial score (nSPS) is 23.5. The summed E-state index contributed by atoms with van der Waals surface area (Å²) in [5, 5.41) is 6.10. The molecule has 2 saturated heterocycles. The minimum atomic E-state index is -0.549. The minimum absolute atomic E-state index is 0.00759. The second kappa shape index (κ2) is 10.1. The average Bonchev–Trinajstić information content (AvgIpc) is 3.00. The predicted molar refractivity (Wildman–Crippen MR) is 120 cm³/mol. The standard InChI is InChI=1S/C25H30FN3O3/c26-22-11-5-4-10-20(22)21-16-29(18-25(21)13-7-6-12-23(30)28-25)17-24(31)27-14-15-32-19-8-2-1-3-9-19/h1-5,8-11,21H,6-7,12-18H2,(H,27,31)(H,28,30)/t21-,25+/m0/s1. The molecule has 2 amide bonds. The maximum atomic E-state index is 14.7. The number of ether oxygens (including phenoxy) is 1. The molecule has 4 rings (SSSR count). The molecular formula is C25H30FN3O3. The molecule has 2 aliphatic rings. The van der Waals surface area contributed by atoms with Gasteiger partial charge in [0.2, 0.25) is 11.8 Å². The molecule has 1 spiro atoms. The van der Waals surface area contributed by atoms with E-state index in [1.54, 1.807) is 12.1 Å². The lowest BCUT2D eigenvalue weighted by Crippen LogP contribution is -2.53. The average molecular weight is 440 g/mol. The Bertz CT molecular complexity index is 939. The van der Waals surface area contributed by atoms with Gasteiger partial charge in [-0.2, -0.15) is 0 Å². The lowest BCUT2D eigenvalue weighted by atomic mass is 9.78. The second-order valence-electron chi connectivity index (χ2n) is 8.67. The third-order valence-electron chi connectivity index (χ3n) is 6.36. The zero-order valence-corrected chi connectivity index (χ0v) is 18.2. The lowest BCUT2D eigenvalue weighted by molar-refractivity contribution is -0.122. The van der Waals surface area contributed by atoms with Gasteiger partial charge in [0.25, 0.3) is 0 Å². The molecule has 0 aliphatic carbocycles. The van der Waals surface area contributed by atoms with Crippen LogP contribution in [0.25, 0.3) is 0 Å². The van der Waals surface area contributed by atoms with Crippen LogP contribution in [-0.2, 0) is 9.59 Å². The Morgan fingerprint density at radius 3 is 2.75 bits per heavy atom. The van der Waals surface area contributed by atoms with Crippen LogP contribution < -0.4 is 15.4 Å². The summed E-state index contributed by atoms with van der Waals surface area (Å²) in [7, 11) is 0. The maximum Gasteiger partial charge on any atom is 0.234 e. The zero-order valence-electron chi connectivity index (χ0n) is 18.2. The number of benzene rings is 2. The summed E-state index contributed by atoms with van der Waals surface area (Å²) in [6, 6.07) is 16.2. The van der Waals surface area contributed by atoms with Crippen molar-refractivity contribution in [2.45, 2.75) is 37.1 Å². The number of amides is 2. The van der Waals surface area contributed by atoms with Crippen LogP contribution in [-0.4, -0.2) is 55.0 Å². The van der Waals surface area contributed by atoms with E-state index >= 15 is 0 Å². The summed E-state index contributed by atoms with van der Waals surface area (Å²) in [5.41, 5.74) is 0.0563. The van der Waals surface area contributed by atoms with Crippen LogP contribution in [0.3, 0.4) is 0 Å². The van der Waals surface area contributed by atoms with E-state index in [1.165, 1.54) is 6.07 Å². The Morgan fingerprint density at radius 1 is 1.16 bits per heavy atom. The Labute approximate surface area is 188 Å². The fraction of sp³-hybridized carbons (Fsp3) is 0.440. The monoisotopic (exact) mass is 439 g/mol. The summed E-state index contributed by atoms with van der Waals surface area (Å²) in [5.74, 6) is 0.207. The quantitative estimate of drug-likeness (QED) is 0.651. The van der Waals surface area contributed by atoms with Gasteiger partial charge in [0.15, 0.2) is 0 Å². The number of hydrogen-bond acceptors (Lipinski definition) is 4. The number of para-hydroxylation sites is 1. The van der Waals surface area contributed by atoms with Gasteiger partial charge in [0.05, 0.1) is 18.6 Å². The molecule has 2 aromatic rings. The van der Waals surface area contributed by atoms with Crippen molar-refractivity contribution < 1.29 is 18.7 Å². The van der Waals surface area contributed by atoms with Gasteiger partial charge >= 0.3 is 0 Å². The number of carbonyl (C=O) groups is 2. The Hall–Kier alpha value is -2.93. The van der Waals surface area contributed by atoms with Crippen molar-refractivity contribution in [3.63, 3.8) is 0 Å². The van der Waals surface area contributed by atoms with Crippen LogP contribution in [0.15, 0.2) is 54.6 Å². The molecule has 170 valence electrons. The number of nitrogens with one attached hydrogen (secondary N) is 2. The first kappa shape index (κ1) is 22.3. The summed E-state index contributed by atoms with van der Waals surface area (Å²) >= 11 is 0. The van der Waals surface area contributed by atoms with Crippen molar-refractivity contribution in [1.29, 1.82) is 0 Å². The summed E-state index contributed by atoms with van der Waals surface area (Å²) in [4.78, 5) is 27.0. The molecule has 2 atom stereocenters. The van der Waals surface area contributed by atoms with Crippen molar-refractivity contribution in [3.05, 3.63) is 66.0 Å².